The van der Waals surface area contributed by atoms with Crippen LogP contribution in [0.3, 0.4) is 0 Å². The van der Waals surface area contributed by atoms with Crippen molar-refractivity contribution in [2.45, 2.75) is 38.5 Å². The molecule has 0 aliphatic heterocycles. The third-order valence-electron chi connectivity index (χ3n) is 8.92. The van der Waals surface area contributed by atoms with Crippen molar-refractivity contribution in [3.8, 4) is 56.5 Å². The zero-order chi connectivity index (χ0) is 28.3. The zero-order valence-corrected chi connectivity index (χ0v) is 23.8. The third-order valence-corrected chi connectivity index (χ3v) is 8.92. The SMILES string of the molecule is CC1(C)c2ccccc2-c2ccc3c(c21)CCCc1cc(-c2nc(-c4ccccc4)nc(-c4ccccn4)n2)ccc1-3. The maximum absolute atomic E-state index is 4.96. The Kier molecular flexibility index (Phi) is 5.65. The summed E-state index contributed by atoms with van der Waals surface area (Å²) in [5, 5.41) is 0. The number of hydrogen-bond acceptors (Lipinski definition) is 4. The number of aryl methyl sites for hydroxylation is 1. The second kappa shape index (κ2) is 9.56. The molecule has 0 N–H and O–H groups in total. The summed E-state index contributed by atoms with van der Waals surface area (Å²) in [6.45, 7) is 4.77. The molecule has 202 valence electrons. The van der Waals surface area contributed by atoms with Gasteiger partial charge in [0.05, 0.1) is 0 Å². The molecule has 0 bridgehead atoms. The van der Waals surface area contributed by atoms with Gasteiger partial charge in [0, 0.05) is 22.7 Å². The van der Waals surface area contributed by atoms with Gasteiger partial charge in [-0.3, -0.25) is 4.98 Å². The van der Waals surface area contributed by atoms with E-state index in [0.29, 0.717) is 17.5 Å². The molecule has 0 atom stereocenters. The fourth-order valence-corrected chi connectivity index (χ4v) is 6.98. The van der Waals surface area contributed by atoms with Crippen molar-refractivity contribution in [2.24, 2.45) is 0 Å². The first kappa shape index (κ1) is 24.8. The molecule has 0 radical (unpaired) electrons. The molecule has 2 heterocycles. The van der Waals surface area contributed by atoms with Crippen LogP contribution >= 0.6 is 0 Å². The molecule has 6 aromatic rings. The van der Waals surface area contributed by atoms with E-state index in [1.54, 1.807) is 6.20 Å². The predicted octanol–water partition coefficient (Wildman–Crippen LogP) is 8.73. The number of nitrogens with zero attached hydrogens (tertiary/aromatic N) is 4. The molecule has 0 amide bonds. The van der Waals surface area contributed by atoms with Gasteiger partial charge in [-0.25, -0.2) is 15.0 Å². The maximum atomic E-state index is 4.96. The molecule has 2 aliphatic rings. The van der Waals surface area contributed by atoms with Gasteiger partial charge in [0.1, 0.15) is 5.69 Å². The summed E-state index contributed by atoms with van der Waals surface area (Å²) >= 11 is 0. The highest BCUT2D eigenvalue weighted by molar-refractivity contribution is 5.87. The quantitative estimate of drug-likeness (QED) is 0.224. The van der Waals surface area contributed by atoms with Crippen LogP contribution < -0.4 is 0 Å². The van der Waals surface area contributed by atoms with Gasteiger partial charge in [-0.05, 0) is 82.0 Å². The van der Waals surface area contributed by atoms with Crippen molar-refractivity contribution in [2.75, 3.05) is 0 Å². The van der Waals surface area contributed by atoms with Gasteiger partial charge in [0.25, 0.3) is 0 Å². The van der Waals surface area contributed by atoms with Crippen LogP contribution in [0, 0.1) is 0 Å². The van der Waals surface area contributed by atoms with E-state index in [4.69, 9.17) is 15.0 Å². The van der Waals surface area contributed by atoms with Crippen LogP contribution in [0.1, 0.15) is 42.5 Å². The van der Waals surface area contributed by atoms with Gasteiger partial charge < -0.3 is 0 Å². The summed E-state index contributed by atoms with van der Waals surface area (Å²) < 4.78 is 0. The smallest absolute Gasteiger partial charge is 0.182 e. The van der Waals surface area contributed by atoms with Crippen LogP contribution in [0.25, 0.3) is 56.5 Å². The molecule has 0 unspecified atom stereocenters. The van der Waals surface area contributed by atoms with Crippen molar-refractivity contribution in [3.63, 3.8) is 0 Å². The summed E-state index contributed by atoms with van der Waals surface area (Å²) in [5.74, 6) is 1.90. The van der Waals surface area contributed by atoms with Crippen molar-refractivity contribution >= 4 is 0 Å². The Bertz CT molecular complexity index is 1920. The first-order valence-corrected chi connectivity index (χ1v) is 14.7. The van der Waals surface area contributed by atoms with Crippen molar-refractivity contribution in [1.82, 2.24) is 19.9 Å². The van der Waals surface area contributed by atoms with Gasteiger partial charge in [0.2, 0.25) is 0 Å². The Morgan fingerprint density at radius 2 is 1.29 bits per heavy atom. The average molecular weight is 543 g/mol. The minimum atomic E-state index is -0.0116. The van der Waals surface area contributed by atoms with Crippen LogP contribution in [-0.2, 0) is 18.3 Å². The molecule has 4 aromatic carbocycles. The van der Waals surface area contributed by atoms with E-state index in [1.165, 1.54) is 44.5 Å². The number of rotatable bonds is 3. The predicted molar refractivity (Wildman–Crippen MR) is 169 cm³/mol. The third kappa shape index (κ3) is 3.90. The summed E-state index contributed by atoms with van der Waals surface area (Å²) in [6.07, 6.45) is 4.98. The Balaban J connectivity index is 1.26. The molecule has 0 saturated heterocycles. The van der Waals surface area contributed by atoms with Crippen LogP contribution in [0.15, 0.2) is 109 Å². The molecule has 0 saturated carbocycles. The highest BCUT2D eigenvalue weighted by Gasteiger charge is 2.38. The number of benzene rings is 4. The zero-order valence-electron chi connectivity index (χ0n) is 23.8. The highest BCUT2D eigenvalue weighted by atomic mass is 15.0. The normalized spacial score (nSPS) is 14.3. The Hall–Kier alpha value is -4.96. The molecular weight excluding hydrogens is 512 g/mol. The van der Waals surface area contributed by atoms with Crippen LogP contribution in [0.5, 0.6) is 0 Å². The van der Waals surface area contributed by atoms with Gasteiger partial charge in [0.15, 0.2) is 17.5 Å². The van der Waals surface area contributed by atoms with E-state index in [0.717, 1.165) is 36.1 Å². The van der Waals surface area contributed by atoms with Gasteiger partial charge in [-0.2, -0.15) is 0 Å². The lowest BCUT2D eigenvalue weighted by Gasteiger charge is -2.26. The molecule has 0 spiro atoms. The molecule has 2 aliphatic carbocycles. The summed E-state index contributed by atoms with van der Waals surface area (Å²) in [6, 6.07) is 36.3. The van der Waals surface area contributed by atoms with Gasteiger partial charge in [-0.1, -0.05) is 98.8 Å². The minimum Gasteiger partial charge on any atom is -0.253 e. The van der Waals surface area contributed by atoms with Gasteiger partial charge in [-0.15, -0.1) is 0 Å². The van der Waals surface area contributed by atoms with Crippen LogP contribution in [0.2, 0.25) is 0 Å². The number of fused-ring (bicyclic) bond motifs is 7. The Morgan fingerprint density at radius 1 is 0.571 bits per heavy atom. The standard InChI is InChI=1S/C38H30N4/c1-38(2)32-16-7-6-14-29(32)31-21-20-28-27-19-18-26(23-25(27)13-10-15-30(28)34(31)38)36-40-35(24-11-4-3-5-12-24)41-37(42-36)33-17-8-9-22-39-33/h3-9,11-12,14,16-23H,10,13,15H2,1-2H3. The van der Waals surface area contributed by atoms with Crippen LogP contribution in [-0.4, -0.2) is 19.9 Å². The molecule has 4 heteroatoms. The number of hydrogen-bond donors (Lipinski definition) is 0. The van der Waals surface area contributed by atoms with Crippen molar-refractivity contribution < 1.29 is 0 Å². The minimum absolute atomic E-state index is 0.0116. The number of pyridine rings is 1. The lowest BCUT2D eigenvalue weighted by atomic mass is 9.77. The highest BCUT2D eigenvalue weighted by Crippen LogP contribution is 2.52. The topological polar surface area (TPSA) is 51.6 Å². The first-order chi connectivity index (χ1) is 20.6. The lowest BCUT2D eigenvalue weighted by Crippen LogP contribution is -2.17. The van der Waals surface area contributed by atoms with Crippen LogP contribution in [0.4, 0.5) is 0 Å². The van der Waals surface area contributed by atoms with E-state index < -0.39 is 0 Å². The molecule has 4 nitrogen and oxygen atoms in total. The average Bonchev–Trinajstić information content (AvgIpc) is 3.15. The summed E-state index contributed by atoms with van der Waals surface area (Å²) in [7, 11) is 0. The second-order valence-corrected chi connectivity index (χ2v) is 11.8. The monoisotopic (exact) mass is 542 g/mol. The molecule has 0 fully saturated rings. The van der Waals surface area contributed by atoms with E-state index in [1.807, 2.05) is 48.5 Å². The second-order valence-electron chi connectivity index (χ2n) is 11.8. The van der Waals surface area contributed by atoms with Gasteiger partial charge >= 0.3 is 0 Å². The van der Waals surface area contributed by atoms with E-state index in [2.05, 4.69) is 73.4 Å². The van der Waals surface area contributed by atoms with Crippen molar-refractivity contribution in [3.05, 3.63) is 132 Å². The Morgan fingerprint density at radius 3 is 2.12 bits per heavy atom. The maximum Gasteiger partial charge on any atom is 0.182 e. The van der Waals surface area contributed by atoms with Crippen molar-refractivity contribution in [1.29, 1.82) is 0 Å². The fourth-order valence-electron chi connectivity index (χ4n) is 6.98. The van der Waals surface area contributed by atoms with E-state index in [-0.39, 0.29) is 5.41 Å². The lowest BCUT2D eigenvalue weighted by molar-refractivity contribution is 0.648. The molecule has 42 heavy (non-hydrogen) atoms. The van der Waals surface area contributed by atoms with E-state index in [9.17, 15) is 0 Å². The molecule has 8 rings (SSSR count). The molecular formula is C38H30N4. The fraction of sp³-hybridized carbons (Fsp3) is 0.158. The largest absolute Gasteiger partial charge is 0.253 e. The molecule has 2 aromatic heterocycles. The first-order valence-electron chi connectivity index (χ1n) is 14.7. The number of aromatic nitrogens is 4. The summed E-state index contributed by atoms with van der Waals surface area (Å²) in [5.41, 5.74) is 13.9. The van der Waals surface area contributed by atoms with E-state index >= 15 is 0 Å². The summed E-state index contributed by atoms with van der Waals surface area (Å²) in [4.78, 5) is 19.2. The Labute approximate surface area is 246 Å².